The van der Waals surface area contributed by atoms with Gasteiger partial charge in [0.2, 0.25) is 0 Å². The number of carbonyl (C=O) groups excluding carboxylic acids is 1. The Balaban J connectivity index is 3.26. The van der Waals surface area contributed by atoms with E-state index in [2.05, 4.69) is 20.9 Å². The molecule has 0 spiro atoms. The number of amides is 1. The molecular formula is C6H4BrN3O3. The molecule has 0 saturated carbocycles. The van der Waals surface area contributed by atoms with Gasteiger partial charge in [-0.3, -0.25) is 14.9 Å². The fourth-order valence-electron chi connectivity index (χ4n) is 0.715. The molecule has 68 valence electrons. The number of nitrogens with zero attached hydrogens (tertiary/aromatic N) is 2. The Bertz CT molecular complexity index is 347. The number of hydrogen-bond donors (Lipinski definition) is 1. The summed E-state index contributed by atoms with van der Waals surface area (Å²) in [7, 11) is 0. The van der Waals surface area contributed by atoms with Crippen LogP contribution in [0.25, 0.3) is 0 Å². The highest BCUT2D eigenvalue weighted by atomic mass is 79.9. The van der Waals surface area contributed by atoms with Crippen molar-refractivity contribution < 1.29 is 9.72 Å². The van der Waals surface area contributed by atoms with Crippen LogP contribution in [-0.2, 0) is 0 Å². The molecule has 0 radical (unpaired) electrons. The Morgan fingerprint density at radius 2 is 2.23 bits per heavy atom. The summed E-state index contributed by atoms with van der Waals surface area (Å²) in [5, 5.41) is 10.3. The highest BCUT2D eigenvalue weighted by molar-refractivity contribution is 9.10. The average molecular weight is 246 g/mol. The lowest BCUT2D eigenvalue weighted by molar-refractivity contribution is -0.385. The van der Waals surface area contributed by atoms with E-state index in [1.165, 1.54) is 6.07 Å². The van der Waals surface area contributed by atoms with Crippen molar-refractivity contribution in [2.45, 2.75) is 0 Å². The maximum Gasteiger partial charge on any atom is 0.274 e. The summed E-state index contributed by atoms with van der Waals surface area (Å²) in [6, 6.07) is 2.21. The largest absolute Gasteiger partial charge is 0.364 e. The maximum absolute atomic E-state index is 10.6. The van der Waals surface area contributed by atoms with E-state index in [0.717, 1.165) is 6.07 Å². The topological polar surface area (TPSA) is 99.1 Å². The number of primary amides is 1. The number of aromatic nitrogens is 1. The molecule has 0 aliphatic rings. The van der Waals surface area contributed by atoms with Crippen LogP contribution in [0.1, 0.15) is 10.5 Å². The molecule has 1 aromatic rings. The van der Waals surface area contributed by atoms with Crippen LogP contribution in [0.5, 0.6) is 0 Å². The molecule has 1 heterocycles. The molecule has 1 rings (SSSR count). The van der Waals surface area contributed by atoms with Crippen LogP contribution in [0.2, 0.25) is 0 Å². The lowest BCUT2D eigenvalue weighted by atomic mass is 10.3. The molecule has 0 aliphatic heterocycles. The van der Waals surface area contributed by atoms with Gasteiger partial charge >= 0.3 is 0 Å². The van der Waals surface area contributed by atoms with Gasteiger partial charge < -0.3 is 5.73 Å². The van der Waals surface area contributed by atoms with Gasteiger partial charge in [-0.2, -0.15) is 0 Å². The number of pyridine rings is 1. The standard InChI is InChI=1S/C6H4BrN3O3/c7-5-2-3(10(12)13)1-4(9-5)6(8)11/h1-2H,(H2,8,11). The lowest BCUT2D eigenvalue weighted by Crippen LogP contribution is -2.13. The second kappa shape index (κ2) is 3.48. The van der Waals surface area contributed by atoms with E-state index in [9.17, 15) is 14.9 Å². The molecule has 0 fully saturated rings. The minimum atomic E-state index is -0.801. The quantitative estimate of drug-likeness (QED) is 0.475. The molecule has 0 unspecified atom stereocenters. The molecular weight excluding hydrogens is 242 g/mol. The summed E-state index contributed by atoms with van der Waals surface area (Å²) in [4.78, 5) is 24.0. The van der Waals surface area contributed by atoms with E-state index >= 15 is 0 Å². The first kappa shape index (κ1) is 9.59. The molecule has 0 atom stereocenters. The Kier molecular flexibility index (Phi) is 2.57. The second-order valence-corrected chi connectivity index (χ2v) is 2.97. The van der Waals surface area contributed by atoms with Gasteiger partial charge in [0, 0.05) is 12.1 Å². The van der Waals surface area contributed by atoms with Crippen LogP contribution in [0, 0.1) is 10.1 Å². The third-order valence-electron chi connectivity index (χ3n) is 1.24. The highest BCUT2D eigenvalue weighted by Gasteiger charge is 2.12. The van der Waals surface area contributed by atoms with Crippen molar-refractivity contribution in [1.82, 2.24) is 4.98 Å². The fourth-order valence-corrected chi connectivity index (χ4v) is 1.14. The number of nitrogens with two attached hydrogens (primary N) is 1. The van der Waals surface area contributed by atoms with Gasteiger partial charge in [-0.05, 0) is 15.9 Å². The second-order valence-electron chi connectivity index (χ2n) is 2.15. The molecule has 1 amide bonds. The van der Waals surface area contributed by atoms with Crippen LogP contribution in [-0.4, -0.2) is 15.8 Å². The van der Waals surface area contributed by atoms with Gasteiger partial charge in [0.15, 0.2) is 0 Å². The summed E-state index contributed by atoms with van der Waals surface area (Å²) >= 11 is 2.93. The zero-order valence-electron chi connectivity index (χ0n) is 6.23. The monoisotopic (exact) mass is 245 g/mol. The Hall–Kier alpha value is -1.50. The van der Waals surface area contributed by atoms with E-state index in [4.69, 9.17) is 5.73 Å². The van der Waals surface area contributed by atoms with Crippen molar-refractivity contribution in [3.63, 3.8) is 0 Å². The molecule has 0 aromatic carbocycles. The first-order valence-electron chi connectivity index (χ1n) is 3.12. The average Bonchev–Trinajstić information content (AvgIpc) is 2.03. The number of hydrogen-bond acceptors (Lipinski definition) is 4. The Morgan fingerprint density at radius 3 is 2.69 bits per heavy atom. The molecule has 1 aromatic heterocycles. The molecule has 6 nitrogen and oxygen atoms in total. The highest BCUT2D eigenvalue weighted by Crippen LogP contribution is 2.17. The molecule has 0 bridgehead atoms. The predicted molar refractivity (Wildman–Crippen MR) is 47.1 cm³/mol. The van der Waals surface area contributed by atoms with Crippen molar-refractivity contribution in [2.75, 3.05) is 0 Å². The number of rotatable bonds is 2. The summed E-state index contributed by atoms with van der Waals surface area (Å²) < 4.78 is 0.204. The third kappa shape index (κ3) is 2.22. The molecule has 13 heavy (non-hydrogen) atoms. The first-order chi connectivity index (χ1) is 6.00. The van der Waals surface area contributed by atoms with E-state index < -0.39 is 10.8 Å². The number of carbonyl (C=O) groups is 1. The van der Waals surface area contributed by atoms with Crippen LogP contribution in [0.4, 0.5) is 5.69 Å². The van der Waals surface area contributed by atoms with Gasteiger partial charge in [0.05, 0.1) is 4.92 Å². The normalized spacial score (nSPS) is 9.62. The summed E-state index contributed by atoms with van der Waals surface area (Å²) in [6.07, 6.45) is 0. The zero-order valence-corrected chi connectivity index (χ0v) is 7.82. The van der Waals surface area contributed by atoms with Crippen molar-refractivity contribution in [2.24, 2.45) is 5.73 Å². The van der Waals surface area contributed by atoms with Gasteiger partial charge in [0.1, 0.15) is 10.3 Å². The van der Waals surface area contributed by atoms with Crippen LogP contribution < -0.4 is 5.73 Å². The van der Waals surface area contributed by atoms with Crippen LogP contribution in [0.15, 0.2) is 16.7 Å². The van der Waals surface area contributed by atoms with E-state index in [0.29, 0.717) is 0 Å². The van der Waals surface area contributed by atoms with Crippen molar-refractivity contribution in [3.05, 3.63) is 32.5 Å². The summed E-state index contributed by atoms with van der Waals surface area (Å²) in [5.74, 6) is -0.801. The number of halogens is 1. The van der Waals surface area contributed by atoms with Gasteiger partial charge in [-0.15, -0.1) is 0 Å². The zero-order chi connectivity index (χ0) is 10.0. The third-order valence-corrected chi connectivity index (χ3v) is 1.65. The first-order valence-corrected chi connectivity index (χ1v) is 3.92. The van der Waals surface area contributed by atoms with Crippen molar-refractivity contribution in [3.8, 4) is 0 Å². The molecule has 0 saturated heterocycles. The van der Waals surface area contributed by atoms with Gasteiger partial charge in [-0.1, -0.05) is 0 Å². The Morgan fingerprint density at radius 1 is 1.62 bits per heavy atom. The van der Waals surface area contributed by atoms with Crippen molar-refractivity contribution in [1.29, 1.82) is 0 Å². The van der Waals surface area contributed by atoms with Crippen LogP contribution >= 0.6 is 15.9 Å². The minimum absolute atomic E-state index is 0.138. The van der Waals surface area contributed by atoms with E-state index in [1.54, 1.807) is 0 Å². The molecule has 2 N–H and O–H groups in total. The molecule has 0 aliphatic carbocycles. The van der Waals surface area contributed by atoms with Crippen LogP contribution in [0.3, 0.4) is 0 Å². The maximum atomic E-state index is 10.6. The van der Waals surface area contributed by atoms with E-state index in [-0.39, 0.29) is 16.0 Å². The number of nitro groups is 1. The summed E-state index contributed by atoms with van der Waals surface area (Å²) in [5.41, 5.74) is 4.54. The fraction of sp³-hybridized carbons (Fsp3) is 0. The predicted octanol–water partition coefficient (Wildman–Crippen LogP) is 0.851. The van der Waals surface area contributed by atoms with Gasteiger partial charge in [-0.25, -0.2) is 4.98 Å². The summed E-state index contributed by atoms with van der Waals surface area (Å²) in [6.45, 7) is 0. The van der Waals surface area contributed by atoms with Crippen molar-refractivity contribution >= 4 is 27.5 Å². The smallest absolute Gasteiger partial charge is 0.274 e. The van der Waals surface area contributed by atoms with E-state index in [1.807, 2.05) is 0 Å². The SMILES string of the molecule is NC(=O)c1cc([N+](=O)[O-])cc(Br)n1. The minimum Gasteiger partial charge on any atom is -0.364 e. The molecule has 7 heteroatoms. The lowest BCUT2D eigenvalue weighted by Gasteiger charge is -1.96. The Labute approximate surface area is 81.0 Å². The van der Waals surface area contributed by atoms with Gasteiger partial charge in [0.25, 0.3) is 11.6 Å².